The first-order valence-electron chi connectivity index (χ1n) is 6.06. The molecule has 106 valence electrons. The van der Waals surface area contributed by atoms with Crippen molar-refractivity contribution in [1.29, 1.82) is 0 Å². The fraction of sp³-hybridized carbons (Fsp3) is 0.462. The van der Waals surface area contributed by atoms with E-state index >= 15 is 0 Å². The van der Waals surface area contributed by atoms with E-state index in [0.29, 0.717) is 32.1 Å². The van der Waals surface area contributed by atoms with Gasteiger partial charge in [-0.25, -0.2) is 4.79 Å². The van der Waals surface area contributed by atoms with Gasteiger partial charge in [0, 0.05) is 18.7 Å². The minimum atomic E-state index is -1.000. The standard InChI is InChI=1S/C13H19NO5/c15-6-8-18-7-5-14-9-11-3-1-2-4-12(11)19-10-13(16)17/h1-4,14-15H,5-10H2,(H,16,17). The lowest BCUT2D eigenvalue weighted by Crippen LogP contribution is -2.20. The van der Waals surface area contributed by atoms with Crippen LogP contribution >= 0.6 is 0 Å². The molecule has 19 heavy (non-hydrogen) atoms. The van der Waals surface area contributed by atoms with Crippen molar-refractivity contribution in [3.63, 3.8) is 0 Å². The van der Waals surface area contributed by atoms with Crippen molar-refractivity contribution in [2.75, 3.05) is 33.0 Å². The number of rotatable bonds is 10. The molecule has 0 atom stereocenters. The fourth-order valence-corrected chi connectivity index (χ4v) is 1.46. The van der Waals surface area contributed by atoms with E-state index in [4.69, 9.17) is 19.7 Å². The van der Waals surface area contributed by atoms with Crippen LogP contribution in [-0.2, 0) is 16.1 Å². The maximum Gasteiger partial charge on any atom is 0.341 e. The number of ether oxygens (including phenoxy) is 2. The SMILES string of the molecule is O=C(O)COc1ccccc1CNCCOCCO. The lowest BCUT2D eigenvalue weighted by Gasteiger charge is -2.10. The minimum Gasteiger partial charge on any atom is -0.482 e. The summed E-state index contributed by atoms with van der Waals surface area (Å²) >= 11 is 0. The first-order valence-corrected chi connectivity index (χ1v) is 6.06. The molecule has 0 aliphatic rings. The van der Waals surface area contributed by atoms with Crippen LogP contribution in [0.25, 0.3) is 0 Å². The molecule has 6 heteroatoms. The minimum absolute atomic E-state index is 0.0197. The van der Waals surface area contributed by atoms with Crippen molar-refractivity contribution >= 4 is 5.97 Å². The van der Waals surface area contributed by atoms with E-state index in [9.17, 15) is 4.79 Å². The highest BCUT2D eigenvalue weighted by molar-refractivity contribution is 5.68. The zero-order valence-corrected chi connectivity index (χ0v) is 10.7. The van der Waals surface area contributed by atoms with Gasteiger partial charge in [-0.1, -0.05) is 18.2 Å². The molecule has 6 nitrogen and oxygen atoms in total. The Morgan fingerprint density at radius 3 is 2.79 bits per heavy atom. The van der Waals surface area contributed by atoms with Gasteiger partial charge < -0.3 is 25.0 Å². The number of hydrogen-bond acceptors (Lipinski definition) is 5. The number of carboxylic acid groups (broad SMARTS) is 1. The van der Waals surface area contributed by atoms with E-state index in [1.54, 1.807) is 12.1 Å². The molecule has 0 spiro atoms. The van der Waals surface area contributed by atoms with Crippen molar-refractivity contribution in [2.24, 2.45) is 0 Å². The fourth-order valence-electron chi connectivity index (χ4n) is 1.46. The molecule has 0 bridgehead atoms. The zero-order valence-electron chi connectivity index (χ0n) is 10.7. The highest BCUT2D eigenvalue weighted by atomic mass is 16.5. The van der Waals surface area contributed by atoms with E-state index in [0.717, 1.165) is 5.56 Å². The Morgan fingerprint density at radius 1 is 1.26 bits per heavy atom. The number of para-hydroxylation sites is 1. The third-order valence-electron chi connectivity index (χ3n) is 2.30. The maximum absolute atomic E-state index is 10.5. The van der Waals surface area contributed by atoms with Gasteiger partial charge in [0.25, 0.3) is 0 Å². The van der Waals surface area contributed by atoms with Gasteiger partial charge in [0.1, 0.15) is 5.75 Å². The van der Waals surface area contributed by atoms with Crippen LogP contribution < -0.4 is 10.1 Å². The van der Waals surface area contributed by atoms with E-state index < -0.39 is 5.97 Å². The lowest BCUT2D eigenvalue weighted by molar-refractivity contribution is -0.139. The number of aliphatic hydroxyl groups excluding tert-OH is 1. The monoisotopic (exact) mass is 269 g/mol. The molecule has 0 aliphatic carbocycles. The molecule has 0 unspecified atom stereocenters. The van der Waals surface area contributed by atoms with Crippen LogP contribution in [0.15, 0.2) is 24.3 Å². The molecule has 0 fully saturated rings. The van der Waals surface area contributed by atoms with Crippen LogP contribution in [0.2, 0.25) is 0 Å². The number of aliphatic carboxylic acids is 1. The van der Waals surface area contributed by atoms with Gasteiger partial charge in [-0.3, -0.25) is 0 Å². The van der Waals surface area contributed by atoms with Crippen molar-refractivity contribution < 1.29 is 24.5 Å². The summed E-state index contributed by atoms with van der Waals surface area (Å²) in [5.74, 6) is -0.436. The van der Waals surface area contributed by atoms with Crippen LogP contribution in [-0.4, -0.2) is 49.2 Å². The maximum atomic E-state index is 10.5. The van der Waals surface area contributed by atoms with Crippen molar-refractivity contribution in [3.05, 3.63) is 29.8 Å². The second-order valence-corrected chi connectivity index (χ2v) is 3.80. The van der Waals surface area contributed by atoms with Crippen LogP contribution in [0.5, 0.6) is 5.75 Å². The largest absolute Gasteiger partial charge is 0.482 e. The predicted octanol–water partition coefficient (Wildman–Crippen LogP) is 0.248. The highest BCUT2D eigenvalue weighted by Gasteiger charge is 2.04. The third kappa shape index (κ3) is 6.76. The molecule has 1 rings (SSSR count). The summed E-state index contributed by atoms with van der Waals surface area (Å²) in [4.78, 5) is 10.5. The molecule has 1 aromatic carbocycles. The Morgan fingerprint density at radius 2 is 2.05 bits per heavy atom. The lowest BCUT2D eigenvalue weighted by atomic mass is 10.2. The van der Waals surface area contributed by atoms with Crippen LogP contribution in [0.4, 0.5) is 0 Å². The summed E-state index contributed by atoms with van der Waals surface area (Å²) in [5, 5.41) is 20.3. The first-order chi connectivity index (χ1) is 9.24. The second-order valence-electron chi connectivity index (χ2n) is 3.80. The highest BCUT2D eigenvalue weighted by Crippen LogP contribution is 2.17. The number of benzene rings is 1. The van der Waals surface area contributed by atoms with Crippen molar-refractivity contribution in [2.45, 2.75) is 6.54 Å². The van der Waals surface area contributed by atoms with Crippen LogP contribution in [0, 0.1) is 0 Å². The van der Waals surface area contributed by atoms with Gasteiger partial charge >= 0.3 is 5.97 Å². The first kappa shape index (κ1) is 15.4. The molecule has 0 aromatic heterocycles. The average molecular weight is 269 g/mol. The molecule has 0 saturated heterocycles. The van der Waals surface area contributed by atoms with E-state index in [1.165, 1.54) is 0 Å². The molecular weight excluding hydrogens is 250 g/mol. The molecule has 0 amide bonds. The summed E-state index contributed by atoms with van der Waals surface area (Å²) in [6, 6.07) is 7.28. The van der Waals surface area contributed by atoms with Crippen molar-refractivity contribution in [3.8, 4) is 5.75 Å². The zero-order chi connectivity index (χ0) is 13.9. The third-order valence-corrected chi connectivity index (χ3v) is 2.30. The summed E-state index contributed by atoms with van der Waals surface area (Å²) < 4.78 is 10.3. The number of aliphatic hydroxyl groups is 1. The van der Waals surface area contributed by atoms with Gasteiger partial charge in [0.15, 0.2) is 6.61 Å². The smallest absolute Gasteiger partial charge is 0.341 e. The van der Waals surface area contributed by atoms with Gasteiger partial charge in [-0.2, -0.15) is 0 Å². The Labute approximate surface area is 112 Å². The topological polar surface area (TPSA) is 88.0 Å². The quantitative estimate of drug-likeness (QED) is 0.528. The predicted molar refractivity (Wildman–Crippen MR) is 69.2 cm³/mol. The van der Waals surface area contributed by atoms with Gasteiger partial charge in [-0.05, 0) is 6.07 Å². The van der Waals surface area contributed by atoms with Crippen LogP contribution in [0.3, 0.4) is 0 Å². The van der Waals surface area contributed by atoms with Crippen LogP contribution in [0.1, 0.15) is 5.56 Å². The Bertz CT molecular complexity index is 383. The molecule has 3 N–H and O–H groups in total. The average Bonchev–Trinajstić information content (AvgIpc) is 2.41. The van der Waals surface area contributed by atoms with E-state index in [-0.39, 0.29) is 13.2 Å². The molecule has 0 aliphatic heterocycles. The molecule has 0 heterocycles. The molecule has 0 radical (unpaired) electrons. The van der Waals surface area contributed by atoms with Gasteiger partial charge in [0.2, 0.25) is 0 Å². The molecule has 1 aromatic rings. The Hall–Kier alpha value is -1.63. The van der Waals surface area contributed by atoms with E-state index in [1.807, 2.05) is 12.1 Å². The number of carbonyl (C=O) groups is 1. The van der Waals surface area contributed by atoms with Gasteiger partial charge in [0.05, 0.1) is 19.8 Å². The Kier molecular flexibility index (Phi) is 7.57. The van der Waals surface area contributed by atoms with Crippen molar-refractivity contribution in [1.82, 2.24) is 5.32 Å². The Balaban J connectivity index is 2.33. The normalized spacial score (nSPS) is 10.4. The second kappa shape index (κ2) is 9.32. The number of carboxylic acids is 1. The summed E-state index contributed by atoms with van der Waals surface area (Å²) in [5.41, 5.74) is 0.894. The summed E-state index contributed by atoms with van der Waals surface area (Å²) in [6.07, 6.45) is 0. The number of hydrogen-bond donors (Lipinski definition) is 3. The molecular formula is C13H19NO5. The molecule has 0 saturated carbocycles. The van der Waals surface area contributed by atoms with E-state index in [2.05, 4.69) is 5.32 Å². The number of nitrogens with one attached hydrogen (secondary N) is 1. The summed E-state index contributed by atoms with van der Waals surface area (Å²) in [7, 11) is 0. The summed E-state index contributed by atoms with van der Waals surface area (Å²) in [6.45, 7) is 1.73. The van der Waals surface area contributed by atoms with Gasteiger partial charge in [-0.15, -0.1) is 0 Å².